The minimum atomic E-state index is -1.31. The van der Waals surface area contributed by atoms with Crippen LogP contribution >= 0.6 is 0 Å². The number of rotatable bonds is 4. The fourth-order valence-electron chi connectivity index (χ4n) is 3.54. The normalized spacial score (nSPS) is 27.9. The SMILES string of the molecule is C=CC1([C@H](NC(=O)O)C(=O)N2C[C@@H](F)C[C@H]2C#N)CCCC1. The predicted molar refractivity (Wildman–Crippen MR) is 76.7 cm³/mol. The van der Waals surface area contributed by atoms with E-state index in [-0.39, 0.29) is 13.0 Å². The van der Waals surface area contributed by atoms with Crippen LogP contribution < -0.4 is 5.32 Å². The van der Waals surface area contributed by atoms with Gasteiger partial charge in [-0.3, -0.25) is 4.79 Å². The first-order chi connectivity index (χ1) is 10.4. The lowest BCUT2D eigenvalue weighted by molar-refractivity contribution is -0.136. The number of carbonyl (C=O) groups is 2. The molecule has 1 saturated carbocycles. The summed E-state index contributed by atoms with van der Waals surface area (Å²) >= 11 is 0. The number of nitriles is 1. The van der Waals surface area contributed by atoms with E-state index in [1.807, 2.05) is 6.07 Å². The van der Waals surface area contributed by atoms with Crippen LogP contribution in [0.5, 0.6) is 0 Å². The summed E-state index contributed by atoms with van der Waals surface area (Å²) in [7, 11) is 0. The van der Waals surface area contributed by atoms with Gasteiger partial charge in [0.2, 0.25) is 5.91 Å². The molecule has 0 unspecified atom stereocenters. The molecule has 0 radical (unpaired) electrons. The monoisotopic (exact) mass is 309 g/mol. The molecule has 2 N–H and O–H groups in total. The second kappa shape index (κ2) is 6.34. The molecule has 1 aliphatic heterocycles. The molecule has 120 valence electrons. The Hall–Kier alpha value is -2.10. The third-order valence-electron chi connectivity index (χ3n) is 4.71. The number of carboxylic acid groups (broad SMARTS) is 1. The van der Waals surface area contributed by atoms with Gasteiger partial charge >= 0.3 is 6.09 Å². The highest BCUT2D eigenvalue weighted by Gasteiger charge is 2.48. The Morgan fingerprint density at radius 1 is 1.50 bits per heavy atom. The van der Waals surface area contributed by atoms with Crippen LogP contribution in [0.4, 0.5) is 9.18 Å². The predicted octanol–water partition coefficient (Wildman–Crippen LogP) is 1.83. The van der Waals surface area contributed by atoms with E-state index in [2.05, 4.69) is 11.9 Å². The van der Waals surface area contributed by atoms with Crippen LogP contribution in [0.3, 0.4) is 0 Å². The van der Waals surface area contributed by atoms with Crippen molar-refractivity contribution in [2.24, 2.45) is 5.41 Å². The third-order valence-corrected chi connectivity index (χ3v) is 4.71. The van der Waals surface area contributed by atoms with Gasteiger partial charge in [-0.1, -0.05) is 18.9 Å². The van der Waals surface area contributed by atoms with Crippen LogP contribution in [0.2, 0.25) is 0 Å². The van der Waals surface area contributed by atoms with Gasteiger partial charge in [0, 0.05) is 11.8 Å². The highest BCUT2D eigenvalue weighted by molar-refractivity contribution is 5.87. The van der Waals surface area contributed by atoms with Gasteiger partial charge in [0.25, 0.3) is 0 Å². The molecule has 22 heavy (non-hydrogen) atoms. The number of halogens is 1. The molecule has 0 bridgehead atoms. The third kappa shape index (κ3) is 2.91. The Labute approximate surface area is 128 Å². The van der Waals surface area contributed by atoms with Crippen LogP contribution in [-0.2, 0) is 4.79 Å². The van der Waals surface area contributed by atoms with E-state index in [0.29, 0.717) is 12.8 Å². The van der Waals surface area contributed by atoms with Gasteiger partial charge in [-0.25, -0.2) is 9.18 Å². The molecule has 0 aromatic rings. The number of nitrogens with zero attached hydrogens (tertiary/aromatic N) is 2. The summed E-state index contributed by atoms with van der Waals surface area (Å²) in [6.07, 6.45) is 2.11. The van der Waals surface area contributed by atoms with Gasteiger partial charge in [-0.2, -0.15) is 5.26 Å². The van der Waals surface area contributed by atoms with Crippen molar-refractivity contribution in [3.05, 3.63) is 12.7 Å². The molecule has 2 aliphatic rings. The van der Waals surface area contributed by atoms with Crippen molar-refractivity contribution in [2.75, 3.05) is 6.54 Å². The Balaban J connectivity index is 2.29. The average molecular weight is 309 g/mol. The highest BCUT2D eigenvalue weighted by atomic mass is 19.1. The molecule has 0 aromatic heterocycles. The van der Waals surface area contributed by atoms with Crippen molar-refractivity contribution in [3.8, 4) is 6.07 Å². The molecule has 0 aromatic carbocycles. The van der Waals surface area contributed by atoms with Gasteiger partial charge in [0.1, 0.15) is 18.3 Å². The van der Waals surface area contributed by atoms with Crippen molar-refractivity contribution >= 4 is 12.0 Å². The van der Waals surface area contributed by atoms with Crippen molar-refractivity contribution in [1.29, 1.82) is 5.26 Å². The number of nitrogens with one attached hydrogen (secondary N) is 1. The highest BCUT2D eigenvalue weighted by Crippen LogP contribution is 2.43. The maximum atomic E-state index is 13.5. The first-order valence-electron chi connectivity index (χ1n) is 7.41. The number of amides is 2. The van der Waals surface area contributed by atoms with Crippen LogP contribution in [0, 0.1) is 16.7 Å². The number of hydrogen-bond acceptors (Lipinski definition) is 3. The van der Waals surface area contributed by atoms with E-state index < -0.39 is 35.7 Å². The Bertz CT molecular complexity index is 511. The summed E-state index contributed by atoms with van der Waals surface area (Å²) in [5, 5.41) is 20.4. The minimum Gasteiger partial charge on any atom is -0.465 e. The first kappa shape index (κ1) is 16.3. The molecule has 1 aliphatic carbocycles. The van der Waals surface area contributed by atoms with E-state index in [9.17, 15) is 14.0 Å². The first-order valence-corrected chi connectivity index (χ1v) is 7.41. The molecule has 2 fully saturated rings. The molecule has 1 heterocycles. The van der Waals surface area contributed by atoms with E-state index in [1.165, 1.54) is 0 Å². The van der Waals surface area contributed by atoms with Gasteiger partial charge in [0.05, 0.1) is 12.6 Å². The number of carbonyl (C=O) groups excluding carboxylic acids is 1. The Morgan fingerprint density at radius 2 is 2.14 bits per heavy atom. The number of alkyl halides is 1. The second-order valence-electron chi connectivity index (χ2n) is 6.00. The average Bonchev–Trinajstić information content (AvgIpc) is 3.10. The zero-order valence-electron chi connectivity index (χ0n) is 12.3. The number of likely N-dealkylation sites (tertiary alicyclic amines) is 1. The molecular formula is C15H20FN3O3. The summed E-state index contributed by atoms with van der Waals surface area (Å²) in [6.45, 7) is 3.60. The molecular weight excluding hydrogens is 289 g/mol. The Kier molecular flexibility index (Phi) is 4.69. The van der Waals surface area contributed by atoms with Crippen LogP contribution in [0.15, 0.2) is 12.7 Å². The lowest BCUT2D eigenvalue weighted by Crippen LogP contribution is -2.56. The lowest BCUT2D eigenvalue weighted by Gasteiger charge is -2.36. The van der Waals surface area contributed by atoms with Gasteiger partial charge in [0.15, 0.2) is 0 Å². The topological polar surface area (TPSA) is 93.4 Å². The molecule has 0 spiro atoms. The maximum Gasteiger partial charge on any atom is 0.405 e. The van der Waals surface area contributed by atoms with Crippen molar-refractivity contribution in [2.45, 2.75) is 50.4 Å². The molecule has 6 nitrogen and oxygen atoms in total. The standard InChI is InChI=1S/C15H20FN3O3/c1-2-15(5-3-4-6-15)12(18-14(21)22)13(20)19-9-10(16)7-11(19)8-17/h2,10-12,18H,1,3-7,9H2,(H,21,22)/t10-,11-,12+/m0/s1. The van der Waals surface area contributed by atoms with Gasteiger partial charge < -0.3 is 15.3 Å². The van der Waals surface area contributed by atoms with Crippen molar-refractivity contribution in [1.82, 2.24) is 10.2 Å². The van der Waals surface area contributed by atoms with Crippen LogP contribution in [0.25, 0.3) is 0 Å². The Morgan fingerprint density at radius 3 is 2.64 bits per heavy atom. The summed E-state index contributed by atoms with van der Waals surface area (Å²) < 4.78 is 13.5. The largest absolute Gasteiger partial charge is 0.465 e. The summed E-state index contributed by atoms with van der Waals surface area (Å²) in [5.74, 6) is -0.532. The minimum absolute atomic E-state index is 0.0247. The summed E-state index contributed by atoms with van der Waals surface area (Å²) in [6, 6.07) is 0.0530. The van der Waals surface area contributed by atoms with E-state index >= 15 is 0 Å². The van der Waals surface area contributed by atoms with Crippen LogP contribution in [0.1, 0.15) is 32.1 Å². The van der Waals surface area contributed by atoms with Gasteiger partial charge in [-0.15, -0.1) is 6.58 Å². The number of hydrogen-bond donors (Lipinski definition) is 2. The second-order valence-corrected chi connectivity index (χ2v) is 6.00. The van der Waals surface area contributed by atoms with E-state index in [0.717, 1.165) is 17.7 Å². The van der Waals surface area contributed by atoms with Crippen molar-refractivity contribution < 1.29 is 19.1 Å². The van der Waals surface area contributed by atoms with Crippen LogP contribution in [-0.4, -0.2) is 46.8 Å². The summed E-state index contributed by atoms with van der Waals surface area (Å²) in [5.41, 5.74) is -0.663. The molecule has 7 heteroatoms. The maximum absolute atomic E-state index is 13.5. The van der Waals surface area contributed by atoms with E-state index in [4.69, 9.17) is 10.4 Å². The lowest BCUT2D eigenvalue weighted by atomic mass is 9.78. The fourth-order valence-corrected chi connectivity index (χ4v) is 3.54. The quantitative estimate of drug-likeness (QED) is 0.775. The molecule has 3 atom stereocenters. The zero-order chi connectivity index (χ0) is 16.3. The molecule has 2 amide bonds. The fraction of sp³-hybridized carbons (Fsp3) is 0.667. The smallest absolute Gasteiger partial charge is 0.405 e. The van der Waals surface area contributed by atoms with E-state index in [1.54, 1.807) is 6.08 Å². The van der Waals surface area contributed by atoms with Gasteiger partial charge in [-0.05, 0) is 12.8 Å². The zero-order valence-corrected chi connectivity index (χ0v) is 12.3. The molecule has 2 rings (SSSR count). The summed E-state index contributed by atoms with van der Waals surface area (Å²) in [4.78, 5) is 25.0. The van der Waals surface area contributed by atoms with Crippen molar-refractivity contribution in [3.63, 3.8) is 0 Å². The molecule has 1 saturated heterocycles.